The van der Waals surface area contributed by atoms with E-state index in [0.29, 0.717) is 5.92 Å². The van der Waals surface area contributed by atoms with Crippen LogP contribution in [-0.4, -0.2) is 47.0 Å². The lowest BCUT2D eigenvalue weighted by Gasteiger charge is -2.32. The Morgan fingerprint density at radius 2 is 1.75 bits per heavy atom. The van der Waals surface area contributed by atoms with Crippen LogP contribution in [0.3, 0.4) is 0 Å². The van der Waals surface area contributed by atoms with Crippen molar-refractivity contribution in [3.05, 3.63) is 60.4 Å². The van der Waals surface area contributed by atoms with Gasteiger partial charge in [0, 0.05) is 24.3 Å². The number of halogens is 2. The average Bonchev–Trinajstić information content (AvgIpc) is 3.13. The summed E-state index contributed by atoms with van der Waals surface area (Å²) in [6, 6.07) is 15.9. The Balaban J connectivity index is 0.00000140. The third-order valence-electron chi connectivity index (χ3n) is 5.24. The molecule has 1 aliphatic rings. The van der Waals surface area contributed by atoms with Gasteiger partial charge in [0.1, 0.15) is 6.33 Å². The number of hydrogen-bond donors (Lipinski definition) is 1. The molecule has 0 saturated carbocycles. The maximum Gasteiger partial charge on any atom is 0.253 e. The van der Waals surface area contributed by atoms with Gasteiger partial charge in [0.25, 0.3) is 5.91 Å². The minimum Gasteiger partial charge on any atom is -0.339 e. The number of likely N-dealkylation sites (tertiary alicyclic amines) is 1. The van der Waals surface area contributed by atoms with E-state index in [-0.39, 0.29) is 30.7 Å². The first-order valence-corrected chi connectivity index (χ1v) is 9.22. The quantitative estimate of drug-likeness (QED) is 0.694. The number of nitrogens with zero attached hydrogens (tertiary/aromatic N) is 3. The summed E-state index contributed by atoms with van der Waals surface area (Å²) in [6.07, 6.45) is 3.98. The second-order valence-electron chi connectivity index (χ2n) is 6.94. The predicted octanol–water partition coefficient (Wildman–Crippen LogP) is 3.94. The minimum absolute atomic E-state index is 0. The van der Waals surface area contributed by atoms with Gasteiger partial charge in [-0.2, -0.15) is 0 Å². The molecule has 0 spiro atoms. The fraction of sp³-hybridized carbons (Fsp3) is 0.333. The molecule has 5 nitrogen and oxygen atoms in total. The standard InChI is InChI=1S/C21H24N4O.2ClH/c1-22-14-16-10-12-24(13-11-16)21(26)17-6-8-18(9-7-17)25-15-23-19-4-2-3-5-20(19)25;;/h2-9,15-16,22H,10-14H2,1H3;2*1H. The van der Waals surface area contributed by atoms with Crippen molar-refractivity contribution in [3.63, 3.8) is 0 Å². The van der Waals surface area contributed by atoms with Crippen LogP contribution in [0.15, 0.2) is 54.9 Å². The van der Waals surface area contributed by atoms with Crippen LogP contribution in [0.2, 0.25) is 0 Å². The second kappa shape index (κ2) is 9.92. The van der Waals surface area contributed by atoms with Crippen LogP contribution < -0.4 is 5.32 Å². The Morgan fingerprint density at radius 3 is 2.43 bits per heavy atom. The Bertz CT molecular complexity index is 902. The van der Waals surface area contributed by atoms with E-state index >= 15 is 0 Å². The molecule has 28 heavy (non-hydrogen) atoms. The summed E-state index contributed by atoms with van der Waals surface area (Å²) in [6.45, 7) is 2.73. The zero-order valence-corrected chi connectivity index (χ0v) is 17.5. The van der Waals surface area contributed by atoms with Crippen molar-refractivity contribution in [2.75, 3.05) is 26.7 Å². The number of rotatable bonds is 4. The summed E-state index contributed by atoms with van der Waals surface area (Å²) in [7, 11) is 1.99. The molecule has 3 aromatic rings. The van der Waals surface area contributed by atoms with Gasteiger partial charge in [-0.1, -0.05) is 12.1 Å². The predicted molar refractivity (Wildman–Crippen MR) is 118 cm³/mol. The van der Waals surface area contributed by atoms with E-state index in [1.807, 2.05) is 65.3 Å². The van der Waals surface area contributed by atoms with Gasteiger partial charge in [-0.15, -0.1) is 24.8 Å². The SMILES string of the molecule is CNCC1CCN(C(=O)c2ccc(-n3cnc4ccccc43)cc2)CC1.Cl.Cl. The number of hydrogen-bond acceptors (Lipinski definition) is 3. The van der Waals surface area contributed by atoms with Gasteiger partial charge in [-0.3, -0.25) is 9.36 Å². The highest BCUT2D eigenvalue weighted by Gasteiger charge is 2.23. The molecular weight excluding hydrogens is 395 g/mol. The van der Waals surface area contributed by atoms with E-state index < -0.39 is 0 Å². The summed E-state index contributed by atoms with van der Waals surface area (Å²) in [5.41, 5.74) is 3.81. The monoisotopic (exact) mass is 420 g/mol. The lowest BCUT2D eigenvalue weighted by molar-refractivity contribution is 0.0691. The number of amides is 1. The molecule has 0 atom stereocenters. The lowest BCUT2D eigenvalue weighted by Crippen LogP contribution is -2.40. The number of nitrogens with one attached hydrogen (secondary N) is 1. The molecule has 0 aliphatic carbocycles. The molecule has 4 rings (SSSR count). The molecule has 2 heterocycles. The first-order chi connectivity index (χ1) is 12.8. The fourth-order valence-electron chi connectivity index (χ4n) is 3.74. The van der Waals surface area contributed by atoms with E-state index in [0.717, 1.165) is 54.8 Å². The molecular formula is C21H26Cl2N4O. The number of fused-ring (bicyclic) bond motifs is 1. The first-order valence-electron chi connectivity index (χ1n) is 9.22. The molecule has 150 valence electrons. The number of imidazole rings is 1. The van der Waals surface area contributed by atoms with Crippen LogP contribution in [0.4, 0.5) is 0 Å². The molecule has 7 heteroatoms. The van der Waals surface area contributed by atoms with Gasteiger partial charge in [-0.25, -0.2) is 4.98 Å². The highest BCUT2D eigenvalue weighted by Crippen LogP contribution is 2.21. The average molecular weight is 421 g/mol. The molecule has 1 fully saturated rings. The maximum absolute atomic E-state index is 12.8. The van der Waals surface area contributed by atoms with E-state index in [1.54, 1.807) is 0 Å². The van der Waals surface area contributed by atoms with Crippen molar-refractivity contribution in [1.29, 1.82) is 0 Å². The number of piperidine rings is 1. The number of carbonyl (C=O) groups excluding carboxylic acids is 1. The number of benzene rings is 2. The van der Waals surface area contributed by atoms with Gasteiger partial charge in [-0.05, 0) is 68.8 Å². The maximum atomic E-state index is 12.8. The smallest absolute Gasteiger partial charge is 0.253 e. The highest BCUT2D eigenvalue weighted by molar-refractivity contribution is 5.94. The van der Waals surface area contributed by atoms with Crippen LogP contribution in [-0.2, 0) is 0 Å². The van der Waals surface area contributed by atoms with Crippen LogP contribution in [0.25, 0.3) is 16.7 Å². The zero-order chi connectivity index (χ0) is 17.9. The number of aromatic nitrogens is 2. The van der Waals surface area contributed by atoms with Crippen molar-refractivity contribution in [2.24, 2.45) is 5.92 Å². The summed E-state index contributed by atoms with van der Waals surface area (Å²) in [4.78, 5) is 19.2. The Hall–Kier alpha value is -2.08. The lowest BCUT2D eigenvalue weighted by atomic mass is 9.96. The fourth-order valence-corrected chi connectivity index (χ4v) is 3.74. The minimum atomic E-state index is 0. The normalized spacial score (nSPS) is 14.4. The summed E-state index contributed by atoms with van der Waals surface area (Å²) < 4.78 is 2.05. The first kappa shape index (κ1) is 22.2. The highest BCUT2D eigenvalue weighted by atomic mass is 35.5. The Labute approximate surface area is 178 Å². The molecule has 0 bridgehead atoms. The van der Waals surface area contributed by atoms with Gasteiger partial charge >= 0.3 is 0 Å². The van der Waals surface area contributed by atoms with Crippen LogP contribution in [0.1, 0.15) is 23.2 Å². The number of para-hydroxylation sites is 2. The summed E-state index contributed by atoms with van der Waals surface area (Å²) in [5.74, 6) is 0.816. The molecule has 1 aromatic heterocycles. The third kappa shape index (κ3) is 4.49. The van der Waals surface area contributed by atoms with Gasteiger partial charge in [0.05, 0.1) is 11.0 Å². The summed E-state index contributed by atoms with van der Waals surface area (Å²) >= 11 is 0. The van der Waals surface area contributed by atoms with Crippen molar-refractivity contribution in [2.45, 2.75) is 12.8 Å². The molecule has 0 unspecified atom stereocenters. The number of carbonyl (C=O) groups is 1. The summed E-state index contributed by atoms with van der Waals surface area (Å²) in [5, 5.41) is 3.23. The largest absolute Gasteiger partial charge is 0.339 e. The van der Waals surface area contributed by atoms with Crippen LogP contribution in [0, 0.1) is 5.92 Å². The van der Waals surface area contributed by atoms with Gasteiger partial charge in [0.15, 0.2) is 0 Å². The van der Waals surface area contributed by atoms with E-state index in [2.05, 4.69) is 16.4 Å². The second-order valence-corrected chi connectivity index (χ2v) is 6.94. The molecule has 1 N–H and O–H groups in total. The molecule has 1 amide bonds. The van der Waals surface area contributed by atoms with Crippen LogP contribution in [0.5, 0.6) is 0 Å². The van der Waals surface area contributed by atoms with Crippen molar-refractivity contribution < 1.29 is 4.79 Å². The molecule has 1 saturated heterocycles. The zero-order valence-electron chi connectivity index (χ0n) is 15.9. The topological polar surface area (TPSA) is 50.2 Å². The molecule has 0 radical (unpaired) electrons. The third-order valence-corrected chi connectivity index (χ3v) is 5.24. The van der Waals surface area contributed by atoms with Crippen molar-refractivity contribution in [1.82, 2.24) is 19.8 Å². The van der Waals surface area contributed by atoms with E-state index in [1.165, 1.54) is 0 Å². The molecule has 2 aromatic carbocycles. The van der Waals surface area contributed by atoms with Gasteiger partial charge < -0.3 is 10.2 Å². The van der Waals surface area contributed by atoms with E-state index in [4.69, 9.17) is 0 Å². The Kier molecular flexibility index (Phi) is 7.87. The van der Waals surface area contributed by atoms with Crippen LogP contribution >= 0.6 is 24.8 Å². The van der Waals surface area contributed by atoms with E-state index in [9.17, 15) is 4.79 Å². The van der Waals surface area contributed by atoms with Gasteiger partial charge in [0.2, 0.25) is 0 Å². The van der Waals surface area contributed by atoms with Crippen molar-refractivity contribution >= 4 is 41.8 Å². The molecule has 1 aliphatic heterocycles. The Morgan fingerprint density at radius 1 is 1.07 bits per heavy atom. The van der Waals surface area contributed by atoms with Crippen molar-refractivity contribution in [3.8, 4) is 5.69 Å².